The van der Waals surface area contributed by atoms with Crippen molar-refractivity contribution < 1.29 is 5.11 Å². The first-order valence-electron chi connectivity index (χ1n) is 6.65. The molecule has 6 heteroatoms. The topological polar surface area (TPSA) is 38.0 Å². The Morgan fingerprint density at radius 3 is 2.60 bits per heavy atom. The number of nitrogens with zero attached hydrogens (tertiary/aromatic N) is 2. The lowest BCUT2D eigenvalue weighted by Gasteiger charge is -2.10. The molecule has 0 saturated carbocycles. The number of aryl methyl sites for hydroxylation is 3. The minimum absolute atomic E-state index is 0.493. The first-order chi connectivity index (χ1) is 9.47. The normalized spacial score (nSPS) is 12.9. The van der Waals surface area contributed by atoms with E-state index < -0.39 is 6.10 Å². The second kappa shape index (κ2) is 6.73. The number of rotatable bonds is 5. The van der Waals surface area contributed by atoms with Gasteiger partial charge in [-0.05, 0) is 58.2 Å². The van der Waals surface area contributed by atoms with Gasteiger partial charge in [0.25, 0.3) is 0 Å². The van der Waals surface area contributed by atoms with Crippen LogP contribution in [0.3, 0.4) is 0 Å². The molecule has 3 nitrogen and oxygen atoms in total. The molecule has 0 saturated heterocycles. The summed E-state index contributed by atoms with van der Waals surface area (Å²) in [6, 6.07) is 2.01. The lowest BCUT2D eigenvalue weighted by molar-refractivity contribution is 0.179. The van der Waals surface area contributed by atoms with Crippen molar-refractivity contribution in [2.45, 2.75) is 46.3 Å². The summed E-state index contributed by atoms with van der Waals surface area (Å²) in [6.45, 7) is 7.02. The number of aliphatic hydroxyl groups excluding tert-OH is 1. The standard InChI is InChI=1S/C14H18Br2N2OS/c1-4-10-14(16)11(18(5-2)17-10)7-12(19)13-6-9(15)8(3)20-13/h6,12,19H,4-5,7H2,1-3H3. The highest BCUT2D eigenvalue weighted by atomic mass is 79.9. The SMILES string of the molecule is CCc1nn(CC)c(CC(O)c2cc(Br)c(C)s2)c1Br. The van der Waals surface area contributed by atoms with Crippen LogP contribution in [0.5, 0.6) is 0 Å². The Morgan fingerprint density at radius 2 is 2.10 bits per heavy atom. The van der Waals surface area contributed by atoms with Crippen molar-refractivity contribution in [3.8, 4) is 0 Å². The van der Waals surface area contributed by atoms with Gasteiger partial charge in [0.05, 0.1) is 22.0 Å². The lowest BCUT2D eigenvalue weighted by Crippen LogP contribution is -2.08. The summed E-state index contributed by atoms with van der Waals surface area (Å²) in [5.74, 6) is 0. The molecule has 0 radical (unpaired) electrons. The van der Waals surface area contributed by atoms with Crippen LogP contribution in [0.2, 0.25) is 0 Å². The van der Waals surface area contributed by atoms with Crippen LogP contribution < -0.4 is 0 Å². The average molecular weight is 422 g/mol. The molecule has 110 valence electrons. The number of halogens is 2. The van der Waals surface area contributed by atoms with Crippen molar-refractivity contribution >= 4 is 43.2 Å². The smallest absolute Gasteiger partial charge is 0.0938 e. The van der Waals surface area contributed by atoms with E-state index in [0.29, 0.717) is 6.42 Å². The molecule has 0 aliphatic carbocycles. The van der Waals surface area contributed by atoms with E-state index in [4.69, 9.17) is 0 Å². The summed E-state index contributed by atoms with van der Waals surface area (Å²) in [5.41, 5.74) is 2.12. The van der Waals surface area contributed by atoms with Gasteiger partial charge in [0.1, 0.15) is 0 Å². The lowest BCUT2D eigenvalue weighted by atomic mass is 10.1. The average Bonchev–Trinajstić information content (AvgIpc) is 2.92. The molecule has 0 amide bonds. The van der Waals surface area contributed by atoms with Gasteiger partial charge in [-0.25, -0.2) is 0 Å². The molecule has 0 fully saturated rings. The van der Waals surface area contributed by atoms with E-state index in [1.54, 1.807) is 11.3 Å². The molecular weight excluding hydrogens is 404 g/mol. The van der Waals surface area contributed by atoms with Crippen LogP contribution in [0, 0.1) is 6.92 Å². The maximum Gasteiger partial charge on any atom is 0.0938 e. The Labute approximate surface area is 140 Å². The summed E-state index contributed by atoms with van der Waals surface area (Å²) in [5, 5.41) is 15.0. The Hall–Kier alpha value is -0.170. The van der Waals surface area contributed by atoms with Crippen molar-refractivity contribution in [1.82, 2.24) is 9.78 Å². The molecule has 2 aromatic heterocycles. The van der Waals surface area contributed by atoms with Gasteiger partial charge in [0.15, 0.2) is 0 Å². The fourth-order valence-corrected chi connectivity index (χ4v) is 4.42. The van der Waals surface area contributed by atoms with Gasteiger partial charge in [-0.3, -0.25) is 4.68 Å². The summed E-state index contributed by atoms with van der Waals surface area (Å²) < 4.78 is 4.07. The third-order valence-electron chi connectivity index (χ3n) is 3.29. The van der Waals surface area contributed by atoms with E-state index >= 15 is 0 Å². The number of thiophene rings is 1. The molecule has 1 unspecified atom stereocenters. The van der Waals surface area contributed by atoms with Gasteiger partial charge in [-0.2, -0.15) is 5.10 Å². The second-order valence-electron chi connectivity index (χ2n) is 4.65. The van der Waals surface area contributed by atoms with Crippen LogP contribution >= 0.6 is 43.2 Å². The Kier molecular flexibility index (Phi) is 5.45. The van der Waals surface area contributed by atoms with E-state index in [1.807, 2.05) is 17.7 Å². The maximum atomic E-state index is 10.5. The maximum absolute atomic E-state index is 10.5. The van der Waals surface area contributed by atoms with Crippen LogP contribution in [0.25, 0.3) is 0 Å². The van der Waals surface area contributed by atoms with Gasteiger partial charge >= 0.3 is 0 Å². The van der Waals surface area contributed by atoms with Gasteiger partial charge in [0, 0.05) is 27.2 Å². The van der Waals surface area contributed by atoms with Crippen molar-refractivity contribution in [3.63, 3.8) is 0 Å². The predicted molar refractivity (Wildman–Crippen MR) is 90.4 cm³/mol. The van der Waals surface area contributed by atoms with Gasteiger partial charge in [-0.15, -0.1) is 11.3 Å². The largest absolute Gasteiger partial charge is 0.387 e. The van der Waals surface area contributed by atoms with Crippen LogP contribution in [0.4, 0.5) is 0 Å². The molecule has 2 aromatic rings. The molecule has 1 N–H and O–H groups in total. The van der Waals surface area contributed by atoms with Crippen molar-refractivity contribution in [1.29, 1.82) is 0 Å². The van der Waals surface area contributed by atoms with Crippen molar-refractivity contribution in [3.05, 3.63) is 36.2 Å². The molecule has 1 atom stereocenters. The zero-order valence-electron chi connectivity index (χ0n) is 11.8. The van der Waals surface area contributed by atoms with E-state index in [2.05, 4.69) is 50.8 Å². The zero-order chi connectivity index (χ0) is 14.9. The highest BCUT2D eigenvalue weighted by Gasteiger charge is 2.20. The van der Waals surface area contributed by atoms with Crippen LogP contribution in [0.1, 0.15) is 41.1 Å². The van der Waals surface area contributed by atoms with Gasteiger partial charge < -0.3 is 5.11 Å². The molecular formula is C14H18Br2N2OS. The fourth-order valence-electron chi connectivity index (χ4n) is 2.14. The minimum Gasteiger partial charge on any atom is -0.387 e. The highest BCUT2D eigenvalue weighted by Crippen LogP contribution is 2.33. The van der Waals surface area contributed by atoms with E-state index in [-0.39, 0.29) is 0 Å². The van der Waals surface area contributed by atoms with Crippen molar-refractivity contribution in [2.24, 2.45) is 0 Å². The number of aromatic nitrogens is 2. The predicted octanol–water partition coefficient (Wildman–Crippen LogP) is 4.64. The summed E-state index contributed by atoms with van der Waals surface area (Å²) >= 11 is 8.76. The molecule has 20 heavy (non-hydrogen) atoms. The molecule has 0 aliphatic rings. The third-order valence-corrected chi connectivity index (χ3v) is 6.44. The molecule has 0 spiro atoms. The molecule has 0 bridgehead atoms. The molecule has 2 heterocycles. The minimum atomic E-state index is -0.493. The fraction of sp³-hybridized carbons (Fsp3) is 0.500. The summed E-state index contributed by atoms with van der Waals surface area (Å²) in [6.07, 6.45) is 0.974. The summed E-state index contributed by atoms with van der Waals surface area (Å²) in [4.78, 5) is 2.18. The first kappa shape index (κ1) is 16.2. The van der Waals surface area contributed by atoms with Gasteiger partial charge in [-0.1, -0.05) is 6.92 Å². The summed E-state index contributed by atoms with van der Waals surface area (Å²) in [7, 11) is 0. The van der Waals surface area contributed by atoms with Crippen LogP contribution in [-0.4, -0.2) is 14.9 Å². The van der Waals surface area contributed by atoms with Crippen molar-refractivity contribution in [2.75, 3.05) is 0 Å². The number of aliphatic hydroxyl groups is 1. The van der Waals surface area contributed by atoms with E-state index in [0.717, 1.165) is 38.2 Å². The number of hydrogen-bond donors (Lipinski definition) is 1. The van der Waals surface area contributed by atoms with Crippen LogP contribution in [-0.2, 0) is 19.4 Å². The number of hydrogen-bond acceptors (Lipinski definition) is 3. The zero-order valence-corrected chi connectivity index (χ0v) is 15.8. The monoisotopic (exact) mass is 420 g/mol. The Balaban J connectivity index is 2.27. The molecule has 2 rings (SSSR count). The second-order valence-corrected chi connectivity index (χ2v) is 7.58. The molecule has 0 aromatic carbocycles. The first-order valence-corrected chi connectivity index (χ1v) is 9.06. The van der Waals surface area contributed by atoms with E-state index in [1.165, 1.54) is 4.88 Å². The molecule has 0 aliphatic heterocycles. The quantitative estimate of drug-likeness (QED) is 0.763. The Morgan fingerprint density at radius 1 is 1.40 bits per heavy atom. The van der Waals surface area contributed by atoms with E-state index in [9.17, 15) is 5.11 Å². The Bertz CT molecular complexity index is 587. The highest BCUT2D eigenvalue weighted by molar-refractivity contribution is 9.10. The van der Waals surface area contributed by atoms with Crippen LogP contribution in [0.15, 0.2) is 15.0 Å². The third kappa shape index (κ3) is 3.18. The van der Waals surface area contributed by atoms with Gasteiger partial charge in [0.2, 0.25) is 0 Å².